The molecule has 0 aromatic carbocycles. The van der Waals surface area contributed by atoms with Gasteiger partial charge in [0.2, 0.25) is 0 Å². The summed E-state index contributed by atoms with van der Waals surface area (Å²) in [6, 6.07) is 1.18. The third-order valence-electron chi connectivity index (χ3n) is 2.08. The number of amidine groups is 1. The van der Waals surface area contributed by atoms with Crippen molar-refractivity contribution in [2.24, 2.45) is 4.99 Å². The van der Waals surface area contributed by atoms with Gasteiger partial charge in [0.1, 0.15) is 12.6 Å². The summed E-state index contributed by atoms with van der Waals surface area (Å²) < 4.78 is 5.59. The van der Waals surface area contributed by atoms with Crippen LogP contribution >= 0.6 is 11.6 Å². The van der Waals surface area contributed by atoms with Crippen LogP contribution in [0, 0.1) is 0 Å². The number of hydrogen-bond donors (Lipinski definition) is 0. The standard InChI is InChI=1S/C11H23ClN2OSi/c1-6-13-11(9-12)14(2)10-15-7-8-16(3,4)5/h6H,1,7-10H2,2-5H3/b13-11-. The molecule has 0 saturated carbocycles. The summed E-state index contributed by atoms with van der Waals surface area (Å²) in [6.45, 7) is 11.9. The van der Waals surface area contributed by atoms with Gasteiger partial charge in [0.25, 0.3) is 0 Å². The largest absolute Gasteiger partial charge is 0.361 e. The second-order valence-electron chi connectivity index (χ2n) is 4.91. The minimum Gasteiger partial charge on any atom is -0.361 e. The van der Waals surface area contributed by atoms with Crippen molar-refractivity contribution in [2.45, 2.75) is 25.7 Å². The van der Waals surface area contributed by atoms with Gasteiger partial charge in [0.15, 0.2) is 0 Å². The number of aliphatic imine (C=N–C) groups is 1. The van der Waals surface area contributed by atoms with Crippen LogP contribution in [0.4, 0.5) is 0 Å². The van der Waals surface area contributed by atoms with Gasteiger partial charge in [0, 0.05) is 27.9 Å². The Labute approximate surface area is 105 Å². The Morgan fingerprint density at radius 2 is 2.12 bits per heavy atom. The molecule has 0 aliphatic carbocycles. The molecule has 0 amide bonds. The van der Waals surface area contributed by atoms with Gasteiger partial charge in [-0.3, -0.25) is 0 Å². The van der Waals surface area contributed by atoms with Gasteiger partial charge >= 0.3 is 0 Å². The van der Waals surface area contributed by atoms with Crippen LogP contribution < -0.4 is 0 Å². The van der Waals surface area contributed by atoms with E-state index in [0.29, 0.717) is 12.6 Å². The fraction of sp³-hybridized carbons (Fsp3) is 0.727. The molecule has 0 spiro atoms. The second-order valence-corrected chi connectivity index (χ2v) is 10.8. The molecule has 0 heterocycles. The Morgan fingerprint density at radius 1 is 1.50 bits per heavy atom. The average molecular weight is 263 g/mol. The lowest BCUT2D eigenvalue weighted by molar-refractivity contribution is 0.0848. The number of ether oxygens (including phenoxy) is 1. The summed E-state index contributed by atoms with van der Waals surface area (Å²) >= 11 is 5.76. The molecule has 0 rings (SSSR count). The van der Waals surface area contributed by atoms with E-state index >= 15 is 0 Å². The predicted molar refractivity (Wildman–Crippen MR) is 75.1 cm³/mol. The number of hydrogen-bond acceptors (Lipinski definition) is 2. The van der Waals surface area contributed by atoms with Gasteiger partial charge in [-0.15, -0.1) is 11.6 Å². The minimum absolute atomic E-state index is 0.375. The van der Waals surface area contributed by atoms with E-state index in [4.69, 9.17) is 16.3 Å². The lowest BCUT2D eigenvalue weighted by Crippen LogP contribution is -2.31. The Hall–Kier alpha value is -0.323. The maximum Gasteiger partial charge on any atom is 0.121 e. The smallest absolute Gasteiger partial charge is 0.121 e. The third kappa shape index (κ3) is 7.90. The van der Waals surface area contributed by atoms with Crippen LogP contribution in [0.15, 0.2) is 17.8 Å². The van der Waals surface area contributed by atoms with E-state index in [0.717, 1.165) is 12.4 Å². The number of rotatable bonds is 7. The lowest BCUT2D eigenvalue weighted by Gasteiger charge is -2.21. The SMILES string of the molecule is C=C/N=C(/CCl)N(C)COCC[Si](C)(C)C. The second kappa shape index (κ2) is 7.87. The van der Waals surface area contributed by atoms with Crippen molar-refractivity contribution in [1.29, 1.82) is 0 Å². The van der Waals surface area contributed by atoms with Crippen molar-refractivity contribution in [2.75, 3.05) is 26.3 Å². The molecule has 3 nitrogen and oxygen atoms in total. The maximum atomic E-state index is 5.76. The molecule has 0 atom stereocenters. The van der Waals surface area contributed by atoms with Crippen LogP contribution in [0.2, 0.25) is 25.7 Å². The zero-order chi connectivity index (χ0) is 12.6. The van der Waals surface area contributed by atoms with Gasteiger partial charge in [-0.1, -0.05) is 26.2 Å². The molecule has 0 unspecified atom stereocenters. The number of halogens is 1. The van der Waals surface area contributed by atoms with Crippen LogP contribution in [0.1, 0.15) is 0 Å². The highest BCUT2D eigenvalue weighted by molar-refractivity contribution is 6.76. The topological polar surface area (TPSA) is 24.8 Å². The molecule has 0 fully saturated rings. The van der Waals surface area contributed by atoms with Crippen molar-refractivity contribution >= 4 is 25.5 Å². The third-order valence-corrected chi connectivity index (χ3v) is 4.02. The quantitative estimate of drug-likeness (QED) is 0.176. The molecule has 0 saturated heterocycles. The van der Waals surface area contributed by atoms with Crippen molar-refractivity contribution in [1.82, 2.24) is 4.90 Å². The zero-order valence-corrected chi connectivity index (χ0v) is 12.5. The van der Waals surface area contributed by atoms with Crippen LogP contribution in [0.3, 0.4) is 0 Å². The fourth-order valence-corrected chi connectivity index (χ4v) is 2.02. The number of alkyl halides is 1. The summed E-state index contributed by atoms with van der Waals surface area (Å²) in [5.74, 6) is 1.16. The van der Waals surface area contributed by atoms with Gasteiger partial charge in [-0.2, -0.15) is 0 Å². The molecule has 0 aromatic rings. The van der Waals surface area contributed by atoms with E-state index in [1.165, 1.54) is 12.2 Å². The Balaban J connectivity index is 3.84. The highest BCUT2D eigenvalue weighted by atomic mass is 35.5. The molecular formula is C11H23ClN2OSi. The molecule has 94 valence electrons. The fourth-order valence-electron chi connectivity index (χ4n) is 0.995. The van der Waals surface area contributed by atoms with Gasteiger partial charge in [-0.25, -0.2) is 4.99 Å². The van der Waals surface area contributed by atoms with Gasteiger partial charge < -0.3 is 9.64 Å². The van der Waals surface area contributed by atoms with Crippen LogP contribution in [-0.4, -0.2) is 45.1 Å². The van der Waals surface area contributed by atoms with Crippen molar-refractivity contribution in [3.63, 3.8) is 0 Å². The summed E-state index contributed by atoms with van der Waals surface area (Å²) in [4.78, 5) is 5.97. The van der Waals surface area contributed by atoms with Crippen LogP contribution in [0.25, 0.3) is 0 Å². The van der Waals surface area contributed by atoms with E-state index in [1.807, 2.05) is 11.9 Å². The average Bonchev–Trinajstić information content (AvgIpc) is 2.19. The van der Waals surface area contributed by atoms with E-state index in [9.17, 15) is 0 Å². The maximum absolute atomic E-state index is 5.76. The first-order valence-corrected chi connectivity index (χ1v) is 9.67. The van der Waals surface area contributed by atoms with E-state index in [1.54, 1.807) is 0 Å². The van der Waals surface area contributed by atoms with Crippen LogP contribution in [0.5, 0.6) is 0 Å². The van der Waals surface area contributed by atoms with Gasteiger partial charge in [-0.05, 0) is 6.04 Å². The summed E-state index contributed by atoms with van der Waals surface area (Å²) in [5.41, 5.74) is 0. The highest BCUT2D eigenvalue weighted by Crippen LogP contribution is 2.07. The normalized spacial score (nSPS) is 12.7. The molecule has 0 aliphatic heterocycles. The monoisotopic (exact) mass is 262 g/mol. The molecule has 0 aliphatic rings. The Morgan fingerprint density at radius 3 is 2.56 bits per heavy atom. The molecule has 0 radical (unpaired) electrons. The molecule has 16 heavy (non-hydrogen) atoms. The van der Waals surface area contributed by atoms with Crippen molar-refractivity contribution < 1.29 is 4.74 Å². The summed E-state index contributed by atoms with van der Waals surface area (Å²) in [5, 5.41) is 0. The summed E-state index contributed by atoms with van der Waals surface area (Å²) in [7, 11) is 0.920. The Bertz CT molecular complexity index is 239. The van der Waals surface area contributed by atoms with E-state index in [-0.39, 0.29) is 0 Å². The first-order chi connectivity index (χ1) is 7.40. The Kier molecular flexibility index (Phi) is 7.71. The van der Waals surface area contributed by atoms with Crippen LogP contribution in [-0.2, 0) is 4.74 Å². The molecule has 0 bridgehead atoms. The number of nitrogens with zero attached hydrogens (tertiary/aromatic N) is 2. The first-order valence-electron chi connectivity index (χ1n) is 5.43. The molecular weight excluding hydrogens is 240 g/mol. The highest BCUT2D eigenvalue weighted by Gasteiger charge is 2.12. The van der Waals surface area contributed by atoms with Crippen molar-refractivity contribution in [3.05, 3.63) is 12.8 Å². The van der Waals surface area contributed by atoms with E-state index in [2.05, 4.69) is 31.2 Å². The lowest BCUT2D eigenvalue weighted by atomic mass is 10.6. The first kappa shape index (κ1) is 15.7. The minimum atomic E-state index is -0.996. The molecule has 5 heteroatoms. The van der Waals surface area contributed by atoms with E-state index < -0.39 is 8.07 Å². The van der Waals surface area contributed by atoms with Crippen molar-refractivity contribution in [3.8, 4) is 0 Å². The molecule has 0 N–H and O–H groups in total. The van der Waals surface area contributed by atoms with Gasteiger partial charge in [0.05, 0.1) is 5.88 Å². The molecule has 0 aromatic heterocycles. The zero-order valence-electron chi connectivity index (χ0n) is 10.8. The summed E-state index contributed by atoms with van der Waals surface area (Å²) in [6.07, 6.45) is 1.50. The predicted octanol–water partition coefficient (Wildman–Crippen LogP) is 3.01.